The van der Waals surface area contributed by atoms with E-state index >= 15 is 0 Å². The molecule has 0 bridgehead atoms. The molecule has 1 fully saturated rings. The predicted molar refractivity (Wildman–Crippen MR) is 123 cm³/mol. The van der Waals surface area contributed by atoms with E-state index < -0.39 is 11.7 Å². The van der Waals surface area contributed by atoms with Gasteiger partial charge in [-0.3, -0.25) is 4.99 Å². The van der Waals surface area contributed by atoms with Crippen molar-refractivity contribution >= 4 is 5.84 Å². The van der Waals surface area contributed by atoms with Crippen molar-refractivity contribution in [2.24, 2.45) is 4.99 Å². The topological polar surface area (TPSA) is 62.6 Å². The summed E-state index contributed by atoms with van der Waals surface area (Å²) in [7, 11) is 0. The molecule has 1 aromatic heterocycles. The maximum Gasteiger partial charge on any atom is 0.416 e. The van der Waals surface area contributed by atoms with E-state index in [1.54, 1.807) is 18.5 Å². The molecule has 6 nitrogen and oxygen atoms in total. The number of halogens is 3. The van der Waals surface area contributed by atoms with Crippen LogP contribution < -0.4 is 10.1 Å². The lowest BCUT2D eigenvalue weighted by Gasteiger charge is -2.22. The molecule has 2 aromatic carbocycles. The van der Waals surface area contributed by atoms with Gasteiger partial charge in [0.2, 0.25) is 0 Å². The third kappa shape index (κ3) is 4.89. The van der Waals surface area contributed by atoms with Gasteiger partial charge in [0, 0.05) is 31.5 Å². The molecule has 34 heavy (non-hydrogen) atoms. The van der Waals surface area contributed by atoms with Crippen molar-refractivity contribution in [2.75, 3.05) is 26.2 Å². The minimum absolute atomic E-state index is 0.275. The molecule has 176 valence electrons. The van der Waals surface area contributed by atoms with Gasteiger partial charge in [-0.1, -0.05) is 18.2 Å². The Labute approximate surface area is 195 Å². The highest BCUT2D eigenvalue weighted by Gasteiger charge is 2.30. The Kier molecular flexibility index (Phi) is 6.19. The number of nitrogens with one attached hydrogen (secondary N) is 1. The predicted octanol–water partition coefficient (Wildman–Crippen LogP) is 4.17. The summed E-state index contributed by atoms with van der Waals surface area (Å²) < 4.78 is 44.8. The fourth-order valence-electron chi connectivity index (χ4n) is 4.30. The number of fused-ring (bicyclic) bond motifs is 1. The normalized spacial score (nSPS) is 18.1. The highest BCUT2D eigenvalue weighted by Crippen LogP contribution is 2.33. The van der Waals surface area contributed by atoms with Crippen LogP contribution in [0, 0.1) is 0 Å². The SMILES string of the molecule is FC(F)(F)c1ccc(-c2ccc3c(c2)C(N2CCC(NCc4ncccn4)C2)=NCCO3)cc1. The summed E-state index contributed by atoms with van der Waals surface area (Å²) in [5, 5.41) is 3.52. The van der Waals surface area contributed by atoms with Gasteiger partial charge in [0.05, 0.1) is 24.2 Å². The third-order valence-electron chi connectivity index (χ3n) is 6.03. The van der Waals surface area contributed by atoms with Crippen LogP contribution in [-0.2, 0) is 12.7 Å². The number of hydrogen-bond donors (Lipinski definition) is 1. The molecular weight excluding hydrogens is 443 g/mol. The summed E-state index contributed by atoms with van der Waals surface area (Å²) in [6.45, 7) is 3.26. The zero-order chi connectivity index (χ0) is 23.5. The molecule has 1 unspecified atom stereocenters. The van der Waals surface area contributed by atoms with E-state index in [0.717, 1.165) is 60.2 Å². The minimum Gasteiger partial charge on any atom is -0.491 e. The lowest BCUT2D eigenvalue weighted by Crippen LogP contribution is -2.35. The fourth-order valence-corrected chi connectivity index (χ4v) is 4.30. The quantitative estimate of drug-likeness (QED) is 0.624. The molecule has 2 aliphatic heterocycles. The zero-order valence-electron chi connectivity index (χ0n) is 18.4. The van der Waals surface area contributed by atoms with Crippen LogP contribution in [0.25, 0.3) is 11.1 Å². The number of rotatable bonds is 4. The molecule has 0 spiro atoms. The molecular formula is C25H24F3N5O. The molecule has 5 rings (SSSR count). The first-order chi connectivity index (χ1) is 16.5. The van der Waals surface area contributed by atoms with Gasteiger partial charge in [0.25, 0.3) is 0 Å². The van der Waals surface area contributed by atoms with Crippen LogP contribution in [0.2, 0.25) is 0 Å². The van der Waals surface area contributed by atoms with Gasteiger partial charge in [-0.05, 0) is 47.9 Å². The first-order valence-corrected chi connectivity index (χ1v) is 11.2. The summed E-state index contributed by atoms with van der Waals surface area (Å²) in [5.74, 6) is 2.36. The smallest absolute Gasteiger partial charge is 0.416 e. The monoisotopic (exact) mass is 467 g/mol. The minimum atomic E-state index is -4.35. The number of amidine groups is 1. The second-order valence-corrected chi connectivity index (χ2v) is 8.32. The van der Waals surface area contributed by atoms with Gasteiger partial charge < -0.3 is 15.0 Å². The van der Waals surface area contributed by atoms with E-state index in [4.69, 9.17) is 9.73 Å². The van der Waals surface area contributed by atoms with Gasteiger partial charge in [0.15, 0.2) is 0 Å². The average Bonchev–Trinajstić information content (AvgIpc) is 3.22. The molecule has 9 heteroatoms. The van der Waals surface area contributed by atoms with Crippen molar-refractivity contribution in [1.29, 1.82) is 0 Å². The van der Waals surface area contributed by atoms with Crippen LogP contribution in [0.5, 0.6) is 5.75 Å². The number of nitrogens with zero attached hydrogens (tertiary/aromatic N) is 4. The molecule has 1 atom stereocenters. The zero-order valence-corrected chi connectivity index (χ0v) is 18.4. The highest BCUT2D eigenvalue weighted by atomic mass is 19.4. The lowest BCUT2D eigenvalue weighted by atomic mass is 10.00. The van der Waals surface area contributed by atoms with Gasteiger partial charge in [0.1, 0.15) is 24.0 Å². The van der Waals surface area contributed by atoms with Gasteiger partial charge in [-0.15, -0.1) is 0 Å². The Morgan fingerprint density at radius 2 is 1.79 bits per heavy atom. The standard InChI is InChI=1S/C25H24F3N5O/c26-25(27,28)19-5-2-17(3-6-19)18-4-7-22-21(14-18)24(31-11-13-34-22)33-12-8-20(16-33)32-15-23-29-9-1-10-30-23/h1-7,9-10,14,20,32H,8,11-13,15-16H2. The maximum absolute atomic E-state index is 12.9. The van der Waals surface area contributed by atoms with Crippen LogP contribution in [0.15, 0.2) is 65.9 Å². The second kappa shape index (κ2) is 9.42. The molecule has 2 aliphatic rings. The van der Waals surface area contributed by atoms with Crippen LogP contribution in [0.4, 0.5) is 13.2 Å². The van der Waals surface area contributed by atoms with Crippen LogP contribution in [0.3, 0.4) is 0 Å². The number of ether oxygens (including phenoxy) is 1. The van der Waals surface area contributed by atoms with E-state index in [1.165, 1.54) is 12.1 Å². The highest BCUT2D eigenvalue weighted by molar-refractivity contribution is 6.02. The van der Waals surface area contributed by atoms with Crippen LogP contribution in [0.1, 0.15) is 23.4 Å². The average molecular weight is 467 g/mol. The summed E-state index contributed by atoms with van der Waals surface area (Å²) in [4.78, 5) is 15.6. The Morgan fingerprint density at radius 3 is 2.56 bits per heavy atom. The van der Waals surface area contributed by atoms with E-state index in [2.05, 4.69) is 20.2 Å². The number of likely N-dealkylation sites (tertiary alicyclic amines) is 1. The molecule has 3 aromatic rings. The second-order valence-electron chi connectivity index (χ2n) is 8.32. The number of alkyl halides is 3. The summed E-state index contributed by atoms with van der Waals surface area (Å²) in [6.07, 6.45) is 0.0698. The van der Waals surface area contributed by atoms with E-state index in [9.17, 15) is 13.2 Å². The molecule has 0 amide bonds. The van der Waals surface area contributed by atoms with Crippen molar-refractivity contribution < 1.29 is 17.9 Å². The van der Waals surface area contributed by atoms with Crippen LogP contribution in [-0.4, -0.2) is 53.0 Å². The molecule has 1 saturated heterocycles. The summed E-state index contributed by atoms with van der Waals surface area (Å²) in [5.41, 5.74) is 1.74. The van der Waals surface area contributed by atoms with Crippen molar-refractivity contribution in [3.05, 3.63) is 77.9 Å². The largest absolute Gasteiger partial charge is 0.491 e. The van der Waals surface area contributed by atoms with Crippen molar-refractivity contribution in [3.63, 3.8) is 0 Å². The Morgan fingerprint density at radius 1 is 1.03 bits per heavy atom. The van der Waals surface area contributed by atoms with Gasteiger partial charge in [-0.2, -0.15) is 13.2 Å². The first kappa shape index (κ1) is 22.3. The van der Waals surface area contributed by atoms with Gasteiger partial charge >= 0.3 is 6.18 Å². The fraction of sp³-hybridized carbons (Fsp3) is 0.320. The molecule has 0 radical (unpaired) electrons. The van der Waals surface area contributed by atoms with Crippen LogP contribution >= 0.6 is 0 Å². The maximum atomic E-state index is 12.9. The number of aromatic nitrogens is 2. The van der Waals surface area contributed by atoms with Crippen molar-refractivity contribution in [3.8, 4) is 16.9 Å². The number of aliphatic imine (C=N–C) groups is 1. The summed E-state index contributed by atoms with van der Waals surface area (Å²) in [6, 6.07) is 13.0. The van der Waals surface area contributed by atoms with Crippen molar-refractivity contribution in [2.45, 2.75) is 25.2 Å². The Bertz CT molecular complexity index is 1170. The Balaban J connectivity index is 1.35. The van der Waals surface area contributed by atoms with E-state index in [0.29, 0.717) is 25.3 Å². The first-order valence-electron chi connectivity index (χ1n) is 11.2. The number of hydrogen-bond acceptors (Lipinski definition) is 6. The lowest BCUT2D eigenvalue weighted by molar-refractivity contribution is -0.137. The Hall–Kier alpha value is -3.46. The summed E-state index contributed by atoms with van der Waals surface area (Å²) >= 11 is 0. The molecule has 1 N–H and O–H groups in total. The number of benzene rings is 2. The van der Waals surface area contributed by atoms with Gasteiger partial charge in [-0.25, -0.2) is 9.97 Å². The third-order valence-corrected chi connectivity index (χ3v) is 6.03. The molecule has 0 saturated carbocycles. The molecule has 3 heterocycles. The van der Waals surface area contributed by atoms with Crippen molar-refractivity contribution in [1.82, 2.24) is 20.2 Å². The van der Waals surface area contributed by atoms with E-state index in [-0.39, 0.29) is 6.04 Å². The van der Waals surface area contributed by atoms with E-state index in [1.807, 2.05) is 18.2 Å². The molecule has 0 aliphatic carbocycles.